The van der Waals surface area contributed by atoms with E-state index in [1.54, 1.807) is 24.0 Å². The SMILES string of the molecule is C[C@H]1CN([C@@H](C)CO)C(=O)c2ccccc2-c2ccccc2CO[C@H]1CN(C)C(=O)CCC(F)(F)F. The number of aliphatic hydroxyl groups is 1. The van der Waals surface area contributed by atoms with Gasteiger partial charge in [0, 0.05) is 38.0 Å². The van der Waals surface area contributed by atoms with Crippen LogP contribution in [-0.4, -0.2) is 71.8 Å². The molecule has 0 fully saturated rings. The van der Waals surface area contributed by atoms with Crippen LogP contribution >= 0.6 is 0 Å². The number of hydrogen-bond acceptors (Lipinski definition) is 4. The van der Waals surface area contributed by atoms with E-state index in [2.05, 4.69) is 0 Å². The van der Waals surface area contributed by atoms with E-state index in [1.165, 1.54) is 11.9 Å². The Morgan fingerprint density at radius 3 is 2.39 bits per heavy atom. The molecule has 36 heavy (non-hydrogen) atoms. The van der Waals surface area contributed by atoms with E-state index in [4.69, 9.17) is 4.74 Å². The number of amides is 2. The Bertz CT molecular complexity index is 1060. The maximum atomic E-state index is 13.7. The Labute approximate surface area is 209 Å². The lowest BCUT2D eigenvalue weighted by molar-refractivity contribution is -0.149. The van der Waals surface area contributed by atoms with Gasteiger partial charge in [0.1, 0.15) is 0 Å². The summed E-state index contributed by atoms with van der Waals surface area (Å²) in [6, 6.07) is 14.4. The number of benzene rings is 2. The van der Waals surface area contributed by atoms with E-state index in [0.717, 1.165) is 16.7 Å². The van der Waals surface area contributed by atoms with Gasteiger partial charge in [0.15, 0.2) is 0 Å². The van der Waals surface area contributed by atoms with E-state index < -0.39 is 37.1 Å². The molecule has 0 aromatic heterocycles. The number of carbonyl (C=O) groups excluding carboxylic acids is 2. The lowest BCUT2D eigenvalue weighted by Crippen LogP contribution is -2.47. The molecule has 2 amide bonds. The van der Waals surface area contributed by atoms with Crippen LogP contribution < -0.4 is 0 Å². The summed E-state index contributed by atoms with van der Waals surface area (Å²) >= 11 is 0. The predicted octanol–water partition coefficient (Wildman–Crippen LogP) is 4.51. The van der Waals surface area contributed by atoms with Crippen LogP contribution in [-0.2, 0) is 16.1 Å². The molecule has 3 rings (SSSR count). The lowest BCUT2D eigenvalue weighted by Gasteiger charge is -2.35. The molecule has 9 heteroatoms. The number of carbonyl (C=O) groups is 2. The molecule has 0 unspecified atom stereocenters. The number of halogens is 3. The molecule has 6 nitrogen and oxygen atoms in total. The highest BCUT2D eigenvalue weighted by Crippen LogP contribution is 2.31. The van der Waals surface area contributed by atoms with Crippen molar-refractivity contribution in [2.45, 2.75) is 51.6 Å². The van der Waals surface area contributed by atoms with Gasteiger partial charge in [0.2, 0.25) is 5.91 Å². The summed E-state index contributed by atoms with van der Waals surface area (Å²) in [7, 11) is 1.46. The molecule has 0 saturated carbocycles. The summed E-state index contributed by atoms with van der Waals surface area (Å²) in [6.07, 6.45) is -6.78. The molecule has 2 aromatic rings. The van der Waals surface area contributed by atoms with Crippen molar-refractivity contribution in [2.75, 3.05) is 26.7 Å². The van der Waals surface area contributed by atoms with Gasteiger partial charge in [-0.3, -0.25) is 9.59 Å². The van der Waals surface area contributed by atoms with Crippen LogP contribution in [0.1, 0.15) is 42.6 Å². The highest BCUT2D eigenvalue weighted by Gasteiger charge is 2.32. The Hall–Kier alpha value is -2.91. The molecule has 2 aromatic carbocycles. The van der Waals surface area contributed by atoms with Crippen molar-refractivity contribution in [1.29, 1.82) is 0 Å². The smallest absolute Gasteiger partial charge is 0.389 e. The van der Waals surface area contributed by atoms with Crippen LogP contribution in [0, 0.1) is 5.92 Å². The fourth-order valence-corrected chi connectivity index (χ4v) is 4.36. The van der Waals surface area contributed by atoms with E-state index >= 15 is 0 Å². The van der Waals surface area contributed by atoms with Crippen molar-refractivity contribution >= 4 is 11.8 Å². The van der Waals surface area contributed by atoms with Gasteiger partial charge >= 0.3 is 6.18 Å². The molecule has 3 atom stereocenters. The highest BCUT2D eigenvalue weighted by molar-refractivity contribution is 6.01. The molecule has 196 valence electrons. The molecular weight excluding hydrogens is 473 g/mol. The number of nitrogens with zero attached hydrogens (tertiary/aromatic N) is 2. The monoisotopic (exact) mass is 506 g/mol. The number of alkyl halides is 3. The Kier molecular flexibility index (Phi) is 9.13. The van der Waals surface area contributed by atoms with Crippen molar-refractivity contribution in [3.63, 3.8) is 0 Å². The first-order valence-electron chi connectivity index (χ1n) is 12.0. The molecule has 1 N–H and O–H groups in total. The summed E-state index contributed by atoms with van der Waals surface area (Å²) in [6.45, 7) is 3.90. The molecular formula is C27H33F3N2O4. The van der Waals surface area contributed by atoms with Gasteiger partial charge < -0.3 is 19.6 Å². The van der Waals surface area contributed by atoms with Gasteiger partial charge in [-0.25, -0.2) is 0 Å². The Balaban J connectivity index is 1.96. The molecule has 0 bridgehead atoms. The normalized spacial score (nSPS) is 19.6. The summed E-state index contributed by atoms with van der Waals surface area (Å²) in [4.78, 5) is 29.0. The van der Waals surface area contributed by atoms with Gasteiger partial charge in [-0.15, -0.1) is 0 Å². The summed E-state index contributed by atoms with van der Waals surface area (Å²) in [5, 5.41) is 9.88. The number of aliphatic hydroxyl groups excluding tert-OH is 1. The van der Waals surface area contributed by atoms with E-state index in [-0.39, 0.29) is 38.1 Å². The standard InChI is InChI=1S/C27H33F3N2O4/c1-18-14-32(19(2)16-33)26(35)23-11-7-6-10-22(23)21-9-5-4-8-20(21)17-36-24(18)15-31(3)25(34)12-13-27(28,29)30/h4-11,18-19,24,33H,12-17H2,1-3H3/t18-,19-,24-/m0/s1. The average Bonchev–Trinajstić information content (AvgIpc) is 2.87. The fraction of sp³-hybridized carbons (Fsp3) is 0.481. The zero-order valence-corrected chi connectivity index (χ0v) is 20.8. The lowest BCUT2D eigenvalue weighted by atomic mass is 9.94. The minimum Gasteiger partial charge on any atom is -0.394 e. The van der Waals surface area contributed by atoms with Crippen molar-refractivity contribution in [3.8, 4) is 11.1 Å². The van der Waals surface area contributed by atoms with Gasteiger partial charge in [-0.1, -0.05) is 49.4 Å². The van der Waals surface area contributed by atoms with Crippen molar-refractivity contribution in [3.05, 3.63) is 59.7 Å². The number of fused-ring (bicyclic) bond motifs is 3. The van der Waals surface area contributed by atoms with Crippen LogP contribution in [0.3, 0.4) is 0 Å². The van der Waals surface area contributed by atoms with Gasteiger partial charge in [-0.05, 0) is 29.7 Å². The van der Waals surface area contributed by atoms with Crippen LogP contribution in [0.5, 0.6) is 0 Å². The molecule has 1 aliphatic heterocycles. The first-order valence-corrected chi connectivity index (χ1v) is 12.0. The average molecular weight is 507 g/mol. The topological polar surface area (TPSA) is 70.1 Å². The molecule has 0 aliphatic carbocycles. The molecule has 0 spiro atoms. The number of ether oxygens (including phenoxy) is 1. The Morgan fingerprint density at radius 2 is 1.75 bits per heavy atom. The van der Waals surface area contributed by atoms with Gasteiger partial charge in [0.25, 0.3) is 5.91 Å². The third-order valence-electron chi connectivity index (χ3n) is 6.60. The second kappa shape index (κ2) is 11.9. The predicted molar refractivity (Wildman–Crippen MR) is 130 cm³/mol. The van der Waals surface area contributed by atoms with Gasteiger partial charge in [0.05, 0.1) is 31.8 Å². The first-order chi connectivity index (χ1) is 17.0. The van der Waals surface area contributed by atoms with Crippen molar-refractivity contribution in [2.24, 2.45) is 5.92 Å². The third-order valence-corrected chi connectivity index (χ3v) is 6.60. The first kappa shape index (κ1) is 27.7. The summed E-state index contributed by atoms with van der Waals surface area (Å²) in [5.74, 6) is -1.13. The molecule has 0 radical (unpaired) electrons. The Morgan fingerprint density at radius 1 is 1.14 bits per heavy atom. The highest BCUT2D eigenvalue weighted by atomic mass is 19.4. The largest absolute Gasteiger partial charge is 0.394 e. The fourth-order valence-electron chi connectivity index (χ4n) is 4.36. The number of likely N-dealkylation sites (N-methyl/N-ethyl adjacent to an activating group) is 1. The minimum absolute atomic E-state index is 0.0719. The maximum Gasteiger partial charge on any atom is 0.389 e. The van der Waals surface area contributed by atoms with Crippen LogP contribution in [0.25, 0.3) is 11.1 Å². The molecule has 0 saturated heterocycles. The van der Waals surface area contributed by atoms with Gasteiger partial charge in [-0.2, -0.15) is 13.2 Å². The summed E-state index contributed by atoms with van der Waals surface area (Å²) < 4.78 is 44.1. The van der Waals surface area contributed by atoms with Crippen LogP contribution in [0.15, 0.2) is 48.5 Å². The minimum atomic E-state index is -4.41. The van der Waals surface area contributed by atoms with Crippen molar-refractivity contribution < 1.29 is 32.6 Å². The van der Waals surface area contributed by atoms with E-state index in [0.29, 0.717) is 5.56 Å². The molecule has 1 heterocycles. The van der Waals surface area contributed by atoms with E-state index in [1.807, 2.05) is 43.3 Å². The zero-order valence-electron chi connectivity index (χ0n) is 20.8. The second-order valence-electron chi connectivity index (χ2n) is 9.41. The number of rotatable bonds is 6. The number of hydrogen-bond donors (Lipinski definition) is 1. The van der Waals surface area contributed by atoms with Crippen molar-refractivity contribution in [1.82, 2.24) is 9.80 Å². The third kappa shape index (κ3) is 6.85. The van der Waals surface area contributed by atoms with E-state index in [9.17, 15) is 27.9 Å². The quantitative estimate of drug-likeness (QED) is 0.626. The van der Waals surface area contributed by atoms with Crippen LogP contribution in [0.2, 0.25) is 0 Å². The molecule has 1 aliphatic rings. The summed E-state index contributed by atoms with van der Waals surface area (Å²) in [5.41, 5.74) is 2.95. The van der Waals surface area contributed by atoms with Crippen LogP contribution in [0.4, 0.5) is 13.2 Å². The zero-order chi connectivity index (χ0) is 26.5. The second-order valence-corrected chi connectivity index (χ2v) is 9.41. The maximum absolute atomic E-state index is 13.7.